The first-order valence-electron chi connectivity index (χ1n) is 23.1. The van der Waals surface area contributed by atoms with Gasteiger partial charge in [-0.3, -0.25) is 9.59 Å². The molecule has 0 unspecified atom stereocenters. The van der Waals surface area contributed by atoms with Crippen molar-refractivity contribution in [2.24, 2.45) is 0 Å². The molecule has 2 aromatic carbocycles. The largest absolute Gasteiger partial charge is 0.480 e. The van der Waals surface area contributed by atoms with E-state index < -0.39 is 0 Å². The Labute approximate surface area is 403 Å². The number of Topliss-reactive ketones (excluding diaryl/α,β-unsaturated/α-hetero) is 2. The molecule has 2 aliphatic heterocycles. The monoisotopic (exact) mass is 968 g/mol. The van der Waals surface area contributed by atoms with Crippen molar-refractivity contribution in [3.63, 3.8) is 0 Å². The maximum Gasteiger partial charge on any atom is 0.236 e. The number of rotatable bonds is 14. The van der Waals surface area contributed by atoms with E-state index in [1.807, 2.05) is 0 Å². The van der Waals surface area contributed by atoms with E-state index in [0.29, 0.717) is 118 Å². The molecular weight excluding hydrogens is 914 g/mol. The van der Waals surface area contributed by atoms with Crippen LogP contribution in [0.15, 0.2) is 49.1 Å². The lowest BCUT2D eigenvalue weighted by Crippen LogP contribution is -2.39. The van der Waals surface area contributed by atoms with Crippen LogP contribution >= 0.6 is 12.4 Å². The topological polar surface area (TPSA) is 222 Å². The van der Waals surface area contributed by atoms with Gasteiger partial charge in [0, 0.05) is 61.5 Å². The lowest BCUT2D eigenvalue weighted by molar-refractivity contribution is -0.122. The summed E-state index contributed by atoms with van der Waals surface area (Å²) in [5.41, 5.74) is 6.22. The Kier molecular flexibility index (Phi) is 16.4. The second kappa shape index (κ2) is 22.9. The van der Waals surface area contributed by atoms with Gasteiger partial charge < -0.3 is 40.2 Å². The third kappa shape index (κ3) is 12.3. The molecule has 4 aliphatic rings. The highest BCUT2D eigenvalue weighted by molar-refractivity contribution is 5.85. The molecule has 2 saturated carbocycles. The van der Waals surface area contributed by atoms with Gasteiger partial charge in [-0.25, -0.2) is 48.7 Å². The van der Waals surface area contributed by atoms with Crippen LogP contribution in [0.3, 0.4) is 0 Å². The Bertz CT molecular complexity index is 2590. The fourth-order valence-corrected chi connectivity index (χ4v) is 9.04. The van der Waals surface area contributed by atoms with Crippen molar-refractivity contribution in [3.8, 4) is 23.5 Å². The Balaban J connectivity index is 0.000000183. The molecule has 10 rings (SSSR count). The minimum Gasteiger partial charge on any atom is -0.480 e. The molecule has 69 heavy (non-hydrogen) atoms. The number of hydrogen-bond acceptors (Lipinski definition) is 18. The van der Waals surface area contributed by atoms with Crippen LogP contribution in [0.5, 0.6) is 23.5 Å². The third-order valence-corrected chi connectivity index (χ3v) is 12.8. The number of carbonyl (C=O) groups excluding carboxylic acids is 2. The molecule has 4 aromatic heterocycles. The number of nitrogens with one attached hydrogen (secondary N) is 4. The van der Waals surface area contributed by atoms with E-state index in [-0.39, 0.29) is 61.7 Å². The van der Waals surface area contributed by atoms with Gasteiger partial charge in [-0.15, -0.1) is 12.4 Å². The van der Waals surface area contributed by atoms with Crippen LogP contribution in [0, 0.1) is 11.6 Å². The first-order chi connectivity index (χ1) is 33.2. The fourth-order valence-electron chi connectivity index (χ4n) is 9.04. The molecule has 2 aliphatic carbocycles. The minimum atomic E-state index is -0.295. The Morgan fingerprint density at radius 1 is 0.536 bits per heavy atom. The van der Waals surface area contributed by atoms with E-state index in [1.54, 1.807) is 24.5 Å². The number of nitrogens with zero attached hydrogens (tertiary/aromatic N) is 8. The molecule has 4 N–H and O–H groups in total. The summed E-state index contributed by atoms with van der Waals surface area (Å²) in [7, 11) is 3.04. The molecule has 0 bridgehead atoms. The van der Waals surface area contributed by atoms with Gasteiger partial charge in [0.25, 0.3) is 0 Å². The van der Waals surface area contributed by atoms with Crippen molar-refractivity contribution in [2.75, 3.05) is 27.4 Å². The summed E-state index contributed by atoms with van der Waals surface area (Å²) >= 11 is 0. The van der Waals surface area contributed by atoms with Gasteiger partial charge >= 0.3 is 0 Å². The number of aromatic nitrogens is 8. The van der Waals surface area contributed by atoms with Gasteiger partial charge in [0.05, 0.1) is 74.3 Å². The lowest BCUT2D eigenvalue weighted by atomic mass is 9.91. The molecule has 0 spiro atoms. The van der Waals surface area contributed by atoms with Crippen LogP contribution < -0.4 is 40.2 Å². The first-order valence-corrected chi connectivity index (χ1v) is 23.1. The number of hydrogen-bond donors (Lipinski definition) is 4. The van der Waals surface area contributed by atoms with Crippen molar-refractivity contribution in [2.45, 2.75) is 115 Å². The number of benzene rings is 2. The zero-order valence-corrected chi connectivity index (χ0v) is 39.2. The van der Waals surface area contributed by atoms with E-state index in [4.69, 9.17) is 18.9 Å². The molecular formula is C48H55ClF2N12O6. The summed E-state index contributed by atoms with van der Waals surface area (Å²) in [5, 5.41) is 14.1. The van der Waals surface area contributed by atoms with Crippen LogP contribution in [0.2, 0.25) is 0 Å². The summed E-state index contributed by atoms with van der Waals surface area (Å²) in [6.07, 6.45) is 15.0. The molecule has 6 aromatic rings. The molecule has 2 fully saturated rings. The molecule has 0 radical (unpaired) electrons. The van der Waals surface area contributed by atoms with Crippen LogP contribution in [0.25, 0.3) is 22.1 Å². The predicted octanol–water partition coefficient (Wildman–Crippen LogP) is 4.95. The van der Waals surface area contributed by atoms with Gasteiger partial charge in [-0.05, 0) is 75.6 Å². The van der Waals surface area contributed by atoms with Gasteiger partial charge in [-0.2, -0.15) is 0 Å². The molecule has 0 saturated heterocycles. The number of halogens is 3. The summed E-state index contributed by atoms with van der Waals surface area (Å²) < 4.78 is 50.1. The van der Waals surface area contributed by atoms with Gasteiger partial charge in [0.15, 0.2) is 11.6 Å². The van der Waals surface area contributed by atoms with Crippen LogP contribution in [-0.2, 0) is 48.6 Å². The second-order valence-corrected chi connectivity index (χ2v) is 17.5. The molecule has 21 heteroatoms. The van der Waals surface area contributed by atoms with Gasteiger partial charge in [-0.1, -0.05) is 0 Å². The maximum atomic E-state index is 14.6. The Morgan fingerprint density at radius 2 is 0.913 bits per heavy atom. The number of methoxy groups -OCH3 is 2. The van der Waals surface area contributed by atoms with Crippen LogP contribution in [0.4, 0.5) is 8.78 Å². The van der Waals surface area contributed by atoms with E-state index >= 15 is 0 Å². The lowest BCUT2D eigenvalue weighted by Gasteiger charge is -2.30. The smallest absolute Gasteiger partial charge is 0.236 e. The van der Waals surface area contributed by atoms with Crippen molar-refractivity contribution in [3.05, 3.63) is 94.6 Å². The molecule has 364 valence electrons. The summed E-state index contributed by atoms with van der Waals surface area (Å²) in [5.74, 6) is 1.11. The Hall–Kier alpha value is -6.19. The SMILES string of the molecule is COc1cnc2ccc(F)c(CNC3CCC(NCc4cnc5c(n4)CC(=O)CO5)CC3)c2n1.COc1cnc2ccc(F)c(CNC3CCC(NCc4cnc5c(n4)CC(=O)CO5)CC3)c2n1.Cl. The van der Waals surface area contributed by atoms with E-state index in [1.165, 1.54) is 38.7 Å². The number of ketones is 2. The highest BCUT2D eigenvalue weighted by Crippen LogP contribution is 2.27. The highest BCUT2D eigenvalue weighted by atomic mass is 35.5. The average Bonchev–Trinajstić information content (AvgIpc) is 3.37. The molecule has 6 heterocycles. The molecule has 0 atom stereocenters. The van der Waals surface area contributed by atoms with Crippen molar-refractivity contribution < 1.29 is 37.3 Å². The van der Waals surface area contributed by atoms with E-state index in [0.717, 1.165) is 62.8 Å². The van der Waals surface area contributed by atoms with Gasteiger partial charge in [0.2, 0.25) is 23.5 Å². The normalized spacial score (nSPS) is 19.8. The van der Waals surface area contributed by atoms with Crippen LogP contribution in [-0.4, -0.2) is 103 Å². The van der Waals surface area contributed by atoms with Gasteiger partial charge in [0.1, 0.15) is 47.3 Å². The van der Waals surface area contributed by atoms with Crippen molar-refractivity contribution >= 4 is 46.0 Å². The quantitative estimate of drug-likeness (QED) is 0.113. The van der Waals surface area contributed by atoms with E-state index in [2.05, 4.69) is 61.1 Å². The second-order valence-electron chi connectivity index (χ2n) is 17.5. The summed E-state index contributed by atoms with van der Waals surface area (Å²) in [6.45, 7) is 2.12. The summed E-state index contributed by atoms with van der Waals surface area (Å²) in [6, 6.07) is 7.50. The standard InChI is InChI=1S/2C24H27FN6O3.ClH/c2*1-33-22-12-28-20-7-6-19(25)18(23(20)31-22)11-27-15-4-2-14(3-5-15)26-9-16-10-29-24-21(30-16)8-17(32)13-34-24;/h2*6-7,10,12,14-15,26-27H,2-5,8-9,11,13H2,1H3;1H. The number of fused-ring (bicyclic) bond motifs is 4. The average molecular weight is 969 g/mol. The summed E-state index contributed by atoms with van der Waals surface area (Å²) in [4.78, 5) is 58.2. The zero-order chi connectivity index (χ0) is 47.0. The highest BCUT2D eigenvalue weighted by Gasteiger charge is 2.26. The number of carbonyl (C=O) groups is 2. The minimum absolute atomic E-state index is 0. The Morgan fingerprint density at radius 3 is 1.29 bits per heavy atom. The fraction of sp³-hybridized carbons (Fsp3) is 0.458. The first kappa shape index (κ1) is 49.2. The van der Waals surface area contributed by atoms with Crippen LogP contribution in [0.1, 0.15) is 85.3 Å². The zero-order valence-electron chi connectivity index (χ0n) is 38.4. The molecule has 0 amide bonds. The van der Waals surface area contributed by atoms with Crippen molar-refractivity contribution in [1.82, 2.24) is 61.1 Å². The third-order valence-electron chi connectivity index (χ3n) is 12.8. The maximum absolute atomic E-state index is 14.6. The van der Waals surface area contributed by atoms with E-state index in [9.17, 15) is 18.4 Å². The molecule has 18 nitrogen and oxygen atoms in total. The predicted molar refractivity (Wildman–Crippen MR) is 251 cm³/mol. The van der Waals surface area contributed by atoms with Crippen molar-refractivity contribution in [1.29, 1.82) is 0 Å². The number of ether oxygens (including phenoxy) is 4.